The van der Waals surface area contributed by atoms with Crippen molar-refractivity contribution in [1.29, 1.82) is 0 Å². The van der Waals surface area contributed by atoms with Crippen LogP contribution in [-0.4, -0.2) is 20.9 Å². The van der Waals surface area contributed by atoms with Gasteiger partial charge in [0.25, 0.3) is 0 Å². The molecule has 0 radical (unpaired) electrons. The van der Waals surface area contributed by atoms with Crippen LogP contribution >= 0.6 is 0 Å². The van der Waals surface area contributed by atoms with Crippen LogP contribution in [0.3, 0.4) is 0 Å². The first-order valence-corrected chi connectivity index (χ1v) is 9.01. The molecular weight excluding hydrogens is 324 g/mol. The maximum Gasteiger partial charge on any atom is 0.224 e. The molecule has 1 aliphatic carbocycles. The summed E-state index contributed by atoms with van der Waals surface area (Å²) < 4.78 is 0. The first-order valence-electron chi connectivity index (χ1n) is 9.01. The number of nitrogens with one attached hydrogen (secondary N) is 3. The quantitative estimate of drug-likeness (QED) is 0.523. The Morgan fingerprint density at radius 3 is 2.96 bits per heavy atom. The highest BCUT2D eigenvalue weighted by Gasteiger charge is 2.46. The van der Waals surface area contributed by atoms with Gasteiger partial charge in [-0.2, -0.15) is 0 Å². The van der Waals surface area contributed by atoms with Crippen LogP contribution in [0.25, 0.3) is 21.9 Å². The number of carbonyl (C=O) groups excluding carboxylic acids is 1. The first-order chi connectivity index (χ1) is 12.7. The molecule has 3 N–H and O–H groups in total. The summed E-state index contributed by atoms with van der Waals surface area (Å²) in [6.45, 7) is 2.03. The minimum absolute atomic E-state index is 0.00670. The van der Waals surface area contributed by atoms with E-state index in [0.29, 0.717) is 0 Å². The molecular formula is C21H20N4O. The van der Waals surface area contributed by atoms with Crippen LogP contribution in [-0.2, 0) is 4.79 Å². The lowest BCUT2D eigenvalue weighted by Gasteiger charge is -2.14. The van der Waals surface area contributed by atoms with E-state index in [9.17, 15) is 4.79 Å². The molecule has 0 spiro atoms. The molecule has 3 atom stereocenters. The van der Waals surface area contributed by atoms with Gasteiger partial charge < -0.3 is 15.3 Å². The summed E-state index contributed by atoms with van der Waals surface area (Å²) >= 11 is 0. The zero-order chi connectivity index (χ0) is 17.7. The van der Waals surface area contributed by atoms with Crippen LogP contribution in [0, 0.1) is 5.92 Å². The summed E-state index contributed by atoms with van der Waals surface area (Å²) in [7, 11) is 0. The van der Waals surface area contributed by atoms with Crippen LogP contribution < -0.4 is 5.32 Å². The van der Waals surface area contributed by atoms with E-state index in [2.05, 4.69) is 38.5 Å². The van der Waals surface area contributed by atoms with Gasteiger partial charge in [-0.15, -0.1) is 0 Å². The van der Waals surface area contributed by atoms with Crippen molar-refractivity contribution in [1.82, 2.24) is 20.3 Å². The van der Waals surface area contributed by atoms with E-state index in [4.69, 9.17) is 0 Å². The van der Waals surface area contributed by atoms with Gasteiger partial charge in [0.1, 0.15) is 5.82 Å². The minimum atomic E-state index is -0.0212. The SMILES string of the molecule is CC(NC(=O)[C@H]1C[C@@H]1c1nc2ccccc2[nH]1)c1ccc2cc[nH]c2c1. The molecule has 1 unspecified atom stereocenters. The molecule has 5 nitrogen and oxygen atoms in total. The van der Waals surface area contributed by atoms with Crippen LogP contribution in [0.2, 0.25) is 0 Å². The Balaban J connectivity index is 1.28. The molecule has 1 amide bonds. The summed E-state index contributed by atoms with van der Waals surface area (Å²) in [5.74, 6) is 1.23. The van der Waals surface area contributed by atoms with Crippen LogP contribution in [0.4, 0.5) is 0 Å². The molecule has 5 rings (SSSR count). The molecule has 2 aromatic carbocycles. The number of rotatable bonds is 4. The van der Waals surface area contributed by atoms with Crippen LogP contribution in [0.1, 0.15) is 36.7 Å². The summed E-state index contributed by atoms with van der Waals surface area (Å²) in [5, 5.41) is 4.33. The second-order valence-corrected chi connectivity index (χ2v) is 7.14. The maximum absolute atomic E-state index is 12.6. The lowest BCUT2D eigenvalue weighted by atomic mass is 10.1. The Labute approximate surface area is 150 Å². The average Bonchev–Trinajstić information content (AvgIpc) is 3.12. The van der Waals surface area contributed by atoms with Gasteiger partial charge in [0.2, 0.25) is 5.91 Å². The van der Waals surface area contributed by atoms with Gasteiger partial charge in [0, 0.05) is 23.5 Å². The number of hydrogen-bond donors (Lipinski definition) is 3. The molecule has 2 heterocycles. The number of H-pyrrole nitrogens is 2. The van der Waals surface area contributed by atoms with E-state index in [-0.39, 0.29) is 23.8 Å². The third kappa shape index (κ3) is 2.56. The Morgan fingerprint density at radius 1 is 1.19 bits per heavy atom. The second kappa shape index (κ2) is 5.73. The van der Waals surface area contributed by atoms with Gasteiger partial charge in [-0.3, -0.25) is 4.79 Å². The van der Waals surface area contributed by atoms with Crippen molar-refractivity contribution in [3.63, 3.8) is 0 Å². The van der Waals surface area contributed by atoms with Gasteiger partial charge in [0.15, 0.2) is 0 Å². The lowest BCUT2D eigenvalue weighted by Crippen LogP contribution is -2.28. The molecule has 5 heteroatoms. The van der Waals surface area contributed by atoms with E-state index in [0.717, 1.165) is 34.4 Å². The van der Waals surface area contributed by atoms with Crippen molar-refractivity contribution < 1.29 is 4.79 Å². The topological polar surface area (TPSA) is 73.6 Å². The van der Waals surface area contributed by atoms with Crippen molar-refractivity contribution in [2.45, 2.75) is 25.3 Å². The van der Waals surface area contributed by atoms with Crippen molar-refractivity contribution in [2.75, 3.05) is 0 Å². The minimum Gasteiger partial charge on any atom is -0.361 e. The number of aromatic amines is 2. The molecule has 1 saturated carbocycles. The van der Waals surface area contributed by atoms with Gasteiger partial charge in [0.05, 0.1) is 17.1 Å². The number of nitrogens with zero attached hydrogens (tertiary/aromatic N) is 1. The summed E-state index contributed by atoms with van der Waals surface area (Å²) in [6, 6.07) is 16.3. The summed E-state index contributed by atoms with van der Waals surface area (Å²) in [4.78, 5) is 23.8. The highest BCUT2D eigenvalue weighted by molar-refractivity contribution is 5.84. The van der Waals surface area contributed by atoms with E-state index in [1.54, 1.807) is 0 Å². The molecule has 26 heavy (non-hydrogen) atoms. The molecule has 130 valence electrons. The second-order valence-electron chi connectivity index (χ2n) is 7.14. The van der Waals surface area contributed by atoms with Crippen molar-refractivity contribution in [3.8, 4) is 0 Å². The van der Waals surface area contributed by atoms with Gasteiger partial charge in [-0.1, -0.05) is 24.3 Å². The number of para-hydroxylation sites is 2. The van der Waals surface area contributed by atoms with Crippen LogP contribution in [0.5, 0.6) is 0 Å². The third-order valence-corrected chi connectivity index (χ3v) is 5.32. The number of carbonyl (C=O) groups is 1. The molecule has 1 fully saturated rings. The Bertz CT molecular complexity index is 1080. The standard InChI is InChI=1S/C21H20N4O/c1-12(14-7-6-13-8-9-22-19(13)10-14)23-21(26)16-11-15(16)20-24-17-4-2-3-5-18(17)25-20/h2-10,12,15-16,22H,11H2,1H3,(H,23,26)(H,24,25)/t12?,15-,16-/m0/s1. The fourth-order valence-corrected chi connectivity index (χ4v) is 3.67. The van der Waals surface area contributed by atoms with E-state index >= 15 is 0 Å². The number of benzene rings is 2. The lowest BCUT2D eigenvalue weighted by molar-refractivity contribution is -0.123. The normalized spacial score (nSPS) is 20.3. The summed E-state index contributed by atoms with van der Waals surface area (Å²) in [5.41, 5.74) is 4.19. The molecule has 4 aromatic rings. The zero-order valence-corrected chi connectivity index (χ0v) is 14.5. The van der Waals surface area contributed by atoms with Gasteiger partial charge in [-0.25, -0.2) is 4.98 Å². The summed E-state index contributed by atoms with van der Waals surface area (Å²) in [6.07, 6.45) is 2.79. The number of imidazole rings is 1. The maximum atomic E-state index is 12.6. The number of fused-ring (bicyclic) bond motifs is 2. The first kappa shape index (κ1) is 15.2. The Kier molecular flexibility index (Phi) is 3.35. The predicted octanol–water partition coefficient (Wildman–Crippen LogP) is 4.03. The smallest absolute Gasteiger partial charge is 0.224 e. The number of hydrogen-bond acceptors (Lipinski definition) is 2. The molecule has 0 saturated heterocycles. The fourth-order valence-electron chi connectivity index (χ4n) is 3.67. The zero-order valence-electron chi connectivity index (χ0n) is 14.5. The largest absolute Gasteiger partial charge is 0.361 e. The van der Waals surface area contributed by atoms with Gasteiger partial charge in [-0.05, 0) is 48.6 Å². The number of amides is 1. The number of aromatic nitrogens is 3. The molecule has 0 aliphatic heterocycles. The van der Waals surface area contributed by atoms with Crippen molar-refractivity contribution in [3.05, 3.63) is 66.1 Å². The average molecular weight is 344 g/mol. The monoisotopic (exact) mass is 344 g/mol. The highest BCUT2D eigenvalue weighted by atomic mass is 16.2. The van der Waals surface area contributed by atoms with E-state index < -0.39 is 0 Å². The highest BCUT2D eigenvalue weighted by Crippen LogP contribution is 2.47. The van der Waals surface area contributed by atoms with E-state index in [1.165, 1.54) is 5.39 Å². The predicted molar refractivity (Wildman–Crippen MR) is 102 cm³/mol. The van der Waals surface area contributed by atoms with Crippen molar-refractivity contribution in [2.24, 2.45) is 5.92 Å². The Morgan fingerprint density at radius 2 is 2.08 bits per heavy atom. The fraction of sp³-hybridized carbons (Fsp3) is 0.238. The van der Waals surface area contributed by atoms with E-state index in [1.807, 2.05) is 43.5 Å². The van der Waals surface area contributed by atoms with Gasteiger partial charge >= 0.3 is 0 Å². The molecule has 2 aromatic heterocycles. The van der Waals surface area contributed by atoms with Crippen LogP contribution in [0.15, 0.2) is 54.7 Å². The third-order valence-electron chi connectivity index (χ3n) is 5.32. The molecule has 0 bridgehead atoms. The molecule has 1 aliphatic rings. The Hall–Kier alpha value is -3.08. The van der Waals surface area contributed by atoms with Crippen molar-refractivity contribution >= 4 is 27.8 Å².